The van der Waals surface area contributed by atoms with Gasteiger partial charge < -0.3 is 9.47 Å². The monoisotopic (exact) mass is 425 g/mol. The number of fused-ring (bicyclic) bond motifs is 1. The van der Waals surface area contributed by atoms with Gasteiger partial charge in [-0.1, -0.05) is 26.2 Å². The molecule has 164 valence electrons. The van der Waals surface area contributed by atoms with Crippen LogP contribution >= 0.6 is 0 Å². The third-order valence-electron chi connectivity index (χ3n) is 6.52. The number of aromatic nitrogens is 1. The minimum atomic E-state index is -3.50. The second-order valence-electron chi connectivity index (χ2n) is 9.12. The van der Waals surface area contributed by atoms with Crippen LogP contribution in [-0.4, -0.2) is 45.8 Å². The van der Waals surface area contributed by atoms with Gasteiger partial charge in [0.1, 0.15) is 6.79 Å². The quantitative estimate of drug-likeness (QED) is 0.377. The lowest BCUT2D eigenvalue weighted by Crippen LogP contribution is -2.42. The summed E-state index contributed by atoms with van der Waals surface area (Å²) in [7, 11) is -1.92. The van der Waals surface area contributed by atoms with E-state index >= 15 is 0 Å². The van der Waals surface area contributed by atoms with Crippen LogP contribution in [0.1, 0.15) is 56.4 Å². The maximum absolute atomic E-state index is 11.4. The van der Waals surface area contributed by atoms with Crippen molar-refractivity contribution < 1.29 is 22.1 Å². The van der Waals surface area contributed by atoms with Gasteiger partial charge >= 0.3 is 0 Å². The molecular weight excluding hydrogens is 390 g/mol. The van der Waals surface area contributed by atoms with E-state index in [1.807, 2.05) is 20.0 Å². The molecule has 0 unspecified atom stereocenters. The Bertz CT molecular complexity index is 792. The lowest BCUT2D eigenvalue weighted by molar-refractivity contribution is -0.149. The van der Waals surface area contributed by atoms with Gasteiger partial charge in [-0.2, -0.15) is 8.42 Å². The molecule has 0 aromatic carbocycles. The highest BCUT2D eigenvalue weighted by molar-refractivity contribution is 7.85. The van der Waals surface area contributed by atoms with E-state index in [0.717, 1.165) is 30.7 Å². The lowest BCUT2D eigenvalue weighted by Gasteiger charge is -2.35. The Kier molecular flexibility index (Phi) is 7.36. The molecule has 0 N–H and O–H groups in total. The second kappa shape index (κ2) is 9.41. The number of ether oxygens (including phenoxy) is 2. The third-order valence-corrected chi connectivity index (χ3v) is 7.09. The van der Waals surface area contributed by atoms with Crippen LogP contribution in [0.15, 0.2) is 12.3 Å². The molecule has 1 aromatic rings. The normalized spacial score (nSPS) is 22.3. The first-order valence-corrected chi connectivity index (χ1v) is 12.4. The minimum absolute atomic E-state index is 0.0675. The molecule has 1 saturated carbocycles. The Morgan fingerprint density at radius 3 is 2.62 bits per heavy atom. The van der Waals surface area contributed by atoms with E-state index in [1.54, 1.807) is 7.11 Å². The topological polar surface area (TPSA) is 74.7 Å². The average molecular weight is 426 g/mol. The standard InChI is InChI=1S/C22H35NO5S/c1-16(14-28-29(4,24)25)22(2,27-15-26-3)13-21-20-12-18(8-7-17-5-6-17)11-19(20)9-10-23-21/h9-10,16-18H,5-8,11-15H2,1-4H3/t16-,18-,22+/m0/s1. The van der Waals surface area contributed by atoms with Crippen molar-refractivity contribution in [2.45, 2.75) is 64.4 Å². The van der Waals surface area contributed by atoms with E-state index in [-0.39, 0.29) is 19.3 Å². The van der Waals surface area contributed by atoms with Crippen molar-refractivity contribution in [3.8, 4) is 0 Å². The van der Waals surface area contributed by atoms with Crippen molar-refractivity contribution in [2.24, 2.45) is 17.8 Å². The predicted octanol–water partition coefficient (Wildman–Crippen LogP) is 3.52. The van der Waals surface area contributed by atoms with Crippen molar-refractivity contribution in [3.05, 3.63) is 29.1 Å². The van der Waals surface area contributed by atoms with Gasteiger partial charge in [-0.25, -0.2) is 0 Å². The molecule has 1 heterocycles. The molecular formula is C22H35NO5S. The summed E-state index contributed by atoms with van der Waals surface area (Å²) in [6.07, 6.45) is 11.3. The lowest BCUT2D eigenvalue weighted by atomic mass is 9.85. The summed E-state index contributed by atoms with van der Waals surface area (Å²) in [5.41, 5.74) is 3.18. The molecule has 3 atom stereocenters. The summed E-state index contributed by atoms with van der Waals surface area (Å²) < 4.78 is 39.1. The number of hydrogen-bond acceptors (Lipinski definition) is 6. The van der Waals surface area contributed by atoms with Gasteiger partial charge in [0, 0.05) is 31.3 Å². The summed E-state index contributed by atoms with van der Waals surface area (Å²) >= 11 is 0. The first-order valence-electron chi connectivity index (χ1n) is 10.6. The van der Waals surface area contributed by atoms with Gasteiger partial charge in [0.05, 0.1) is 18.5 Å². The molecule has 1 aromatic heterocycles. The van der Waals surface area contributed by atoms with Crippen molar-refractivity contribution in [1.82, 2.24) is 4.98 Å². The van der Waals surface area contributed by atoms with E-state index < -0.39 is 15.7 Å². The van der Waals surface area contributed by atoms with E-state index in [1.165, 1.54) is 36.8 Å². The zero-order chi connectivity index (χ0) is 21.1. The fourth-order valence-corrected chi connectivity index (χ4v) is 4.67. The molecule has 0 spiro atoms. The fourth-order valence-electron chi connectivity index (χ4n) is 4.22. The summed E-state index contributed by atoms with van der Waals surface area (Å²) in [5, 5.41) is 0. The Labute approximate surface area is 175 Å². The summed E-state index contributed by atoms with van der Waals surface area (Å²) in [6.45, 7) is 4.14. The van der Waals surface area contributed by atoms with Crippen molar-refractivity contribution >= 4 is 10.1 Å². The highest BCUT2D eigenvalue weighted by Gasteiger charge is 2.36. The summed E-state index contributed by atoms with van der Waals surface area (Å²) in [5.74, 6) is 1.53. The van der Waals surface area contributed by atoms with E-state index in [9.17, 15) is 8.42 Å². The van der Waals surface area contributed by atoms with Crippen molar-refractivity contribution in [3.63, 3.8) is 0 Å². The van der Waals surface area contributed by atoms with Crippen LogP contribution in [0.3, 0.4) is 0 Å². The van der Waals surface area contributed by atoms with Gasteiger partial charge in [-0.05, 0) is 55.2 Å². The van der Waals surface area contributed by atoms with E-state index in [2.05, 4.69) is 6.07 Å². The minimum Gasteiger partial charge on any atom is -0.359 e. The van der Waals surface area contributed by atoms with Gasteiger partial charge in [0.25, 0.3) is 10.1 Å². The molecule has 7 heteroatoms. The molecule has 0 radical (unpaired) electrons. The summed E-state index contributed by atoms with van der Waals surface area (Å²) in [4.78, 5) is 4.70. The largest absolute Gasteiger partial charge is 0.359 e. The van der Waals surface area contributed by atoms with Gasteiger partial charge in [-0.3, -0.25) is 9.17 Å². The zero-order valence-corrected chi connectivity index (χ0v) is 19.0. The molecule has 6 nitrogen and oxygen atoms in total. The van der Waals surface area contributed by atoms with Gasteiger partial charge in [0.15, 0.2) is 0 Å². The number of methoxy groups -OCH3 is 1. The second-order valence-corrected chi connectivity index (χ2v) is 10.8. The van der Waals surface area contributed by atoms with Crippen LogP contribution in [-0.2, 0) is 43.0 Å². The van der Waals surface area contributed by atoms with Gasteiger partial charge in [0.2, 0.25) is 0 Å². The Morgan fingerprint density at radius 2 is 1.97 bits per heavy atom. The molecule has 3 rings (SSSR count). The van der Waals surface area contributed by atoms with E-state index in [0.29, 0.717) is 12.3 Å². The van der Waals surface area contributed by atoms with Crippen LogP contribution in [0.2, 0.25) is 0 Å². The Balaban J connectivity index is 1.72. The first kappa shape index (κ1) is 22.7. The third kappa shape index (κ3) is 6.48. The molecule has 0 aliphatic heterocycles. The maximum Gasteiger partial charge on any atom is 0.264 e. The van der Waals surface area contributed by atoms with Gasteiger partial charge in [-0.15, -0.1) is 0 Å². The molecule has 0 saturated heterocycles. The highest BCUT2D eigenvalue weighted by Crippen LogP contribution is 2.39. The van der Waals surface area contributed by atoms with E-state index in [4.69, 9.17) is 18.6 Å². The number of nitrogens with zero attached hydrogens (tertiary/aromatic N) is 1. The zero-order valence-electron chi connectivity index (χ0n) is 18.1. The van der Waals surface area contributed by atoms with Crippen LogP contribution < -0.4 is 0 Å². The Hall–Kier alpha value is -1.02. The summed E-state index contributed by atoms with van der Waals surface area (Å²) in [6, 6.07) is 2.15. The number of rotatable bonds is 12. The van der Waals surface area contributed by atoms with Crippen molar-refractivity contribution in [2.75, 3.05) is 26.8 Å². The maximum atomic E-state index is 11.4. The van der Waals surface area contributed by atoms with Crippen molar-refractivity contribution in [1.29, 1.82) is 0 Å². The highest BCUT2D eigenvalue weighted by atomic mass is 32.2. The molecule has 0 amide bonds. The van der Waals surface area contributed by atoms with Crippen LogP contribution in [0.25, 0.3) is 0 Å². The Morgan fingerprint density at radius 1 is 1.24 bits per heavy atom. The molecule has 29 heavy (non-hydrogen) atoms. The number of pyridine rings is 1. The molecule has 1 fully saturated rings. The predicted molar refractivity (Wildman–Crippen MR) is 112 cm³/mol. The fraction of sp³-hybridized carbons (Fsp3) is 0.773. The number of hydrogen-bond donors (Lipinski definition) is 0. The van der Waals surface area contributed by atoms with Crippen LogP contribution in [0.4, 0.5) is 0 Å². The van der Waals surface area contributed by atoms with Crippen LogP contribution in [0.5, 0.6) is 0 Å². The molecule has 2 aliphatic carbocycles. The average Bonchev–Trinajstić information content (AvgIpc) is 3.40. The SMILES string of the molecule is COCO[C@](C)(Cc1nccc2c1C[C@@H](CCC1CC1)C2)[C@@H](C)COS(C)(=O)=O. The molecule has 2 aliphatic rings. The van der Waals surface area contributed by atoms with Crippen LogP contribution in [0, 0.1) is 17.8 Å². The smallest absolute Gasteiger partial charge is 0.264 e. The first-order chi connectivity index (χ1) is 13.7. The molecule has 0 bridgehead atoms.